The van der Waals surface area contributed by atoms with E-state index in [9.17, 15) is 4.79 Å². The van der Waals surface area contributed by atoms with Gasteiger partial charge >= 0.3 is 0 Å². The standard InChI is InChI=1S/C8H15NO/c1-6-4-3-5-8(2,9)7(6)10/h6H,3-5,9H2,1-2H3. The number of nitrogens with two attached hydrogens (primary N) is 1. The molecule has 58 valence electrons. The third kappa shape index (κ3) is 1.21. The zero-order valence-electron chi connectivity index (χ0n) is 6.68. The molecule has 1 aliphatic rings. The molecule has 0 aromatic heterocycles. The van der Waals surface area contributed by atoms with Gasteiger partial charge in [-0.1, -0.05) is 13.3 Å². The Morgan fingerprint density at radius 1 is 1.70 bits per heavy atom. The minimum absolute atomic E-state index is 0.184. The van der Waals surface area contributed by atoms with E-state index in [0.29, 0.717) is 0 Å². The van der Waals surface area contributed by atoms with Gasteiger partial charge in [0.25, 0.3) is 0 Å². The first-order valence-corrected chi connectivity index (χ1v) is 3.87. The van der Waals surface area contributed by atoms with Crippen molar-refractivity contribution in [3.63, 3.8) is 0 Å². The van der Waals surface area contributed by atoms with Crippen LogP contribution in [0.4, 0.5) is 0 Å². The highest BCUT2D eigenvalue weighted by Gasteiger charge is 2.35. The second-order valence-electron chi connectivity index (χ2n) is 3.57. The molecule has 0 radical (unpaired) electrons. The lowest BCUT2D eigenvalue weighted by Gasteiger charge is -2.31. The molecule has 0 aromatic rings. The Morgan fingerprint density at radius 3 is 2.70 bits per heavy atom. The summed E-state index contributed by atoms with van der Waals surface area (Å²) in [7, 11) is 0. The predicted octanol–water partition coefficient (Wildman–Crippen LogP) is 1.09. The monoisotopic (exact) mass is 141 g/mol. The van der Waals surface area contributed by atoms with Crippen molar-refractivity contribution in [3.05, 3.63) is 0 Å². The first-order valence-electron chi connectivity index (χ1n) is 3.87. The van der Waals surface area contributed by atoms with Gasteiger partial charge in [0.1, 0.15) is 0 Å². The summed E-state index contributed by atoms with van der Waals surface area (Å²) < 4.78 is 0. The van der Waals surface area contributed by atoms with E-state index in [1.165, 1.54) is 0 Å². The van der Waals surface area contributed by atoms with Crippen molar-refractivity contribution in [2.45, 2.75) is 38.6 Å². The Balaban J connectivity index is 2.70. The van der Waals surface area contributed by atoms with Crippen molar-refractivity contribution in [2.75, 3.05) is 0 Å². The molecule has 1 saturated carbocycles. The molecule has 2 atom stereocenters. The van der Waals surface area contributed by atoms with Crippen LogP contribution in [-0.2, 0) is 4.79 Å². The molecule has 2 nitrogen and oxygen atoms in total. The summed E-state index contributed by atoms with van der Waals surface area (Å²) >= 11 is 0. The van der Waals surface area contributed by atoms with Crippen LogP contribution in [0.2, 0.25) is 0 Å². The van der Waals surface area contributed by atoms with Crippen molar-refractivity contribution < 1.29 is 4.79 Å². The van der Waals surface area contributed by atoms with Crippen LogP contribution in [0.3, 0.4) is 0 Å². The molecule has 0 aromatic carbocycles. The van der Waals surface area contributed by atoms with E-state index in [4.69, 9.17) is 5.73 Å². The number of hydrogen-bond acceptors (Lipinski definition) is 2. The highest BCUT2D eigenvalue weighted by molar-refractivity contribution is 5.90. The molecule has 0 spiro atoms. The van der Waals surface area contributed by atoms with E-state index in [1.54, 1.807) is 0 Å². The molecule has 2 unspecified atom stereocenters. The topological polar surface area (TPSA) is 43.1 Å². The van der Waals surface area contributed by atoms with E-state index in [2.05, 4.69) is 0 Å². The number of carbonyl (C=O) groups excluding carboxylic acids is 1. The van der Waals surface area contributed by atoms with Gasteiger partial charge in [-0.25, -0.2) is 0 Å². The van der Waals surface area contributed by atoms with E-state index < -0.39 is 5.54 Å². The van der Waals surface area contributed by atoms with Crippen LogP contribution in [0.15, 0.2) is 0 Å². The van der Waals surface area contributed by atoms with Crippen molar-refractivity contribution in [1.29, 1.82) is 0 Å². The highest BCUT2D eigenvalue weighted by Crippen LogP contribution is 2.26. The molecule has 1 aliphatic carbocycles. The maximum atomic E-state index is 11.3. The van der Waals surface area contributed by atoms with Crippen molar-refractivity contribution in [2.24, 2.45) is 11.7 Å². The van der Waals surface area contributed by atoms with E-state index in [-0.39, 0.29) is 11.7 Å². The Kier molecular flexibility index (Phi) is 1.82. The summed E-state index contributed by atoms with van der Waals surface area (Å²) in [5.41, 5.74) is 5.23. The summed E-state index contributed by atoms with van der Waals surface area (Å²) in [5, 5.41) is 0. The van der Waals surface area contributed by atoms with E-state index >= 15 is 0 Å². The Morgan fingerprint density at radius 2 is 2.30 bits per heavy atom. The molecule has 0 amide bonds. The average molecular weight is 141 g/mol. The number of Topliss-reactive ketones (excluding diaryl/α,β-unsaturated/α-hetero) is 1. The Hall–Kier alpha value is -0.370. The van der Waals surface area contributed by atoms with Gasteiger partial charge in [0.2, 0.25) is 0 Å². The van der Waals surface area contributed by atoms with Crippen molar-refractivity contribution in [3.8, 4) is 0 Å². The fourth-order valence-electron chi connectivity index (χ4n) is 1.59. The highest BCUT2D eigenvalue weighted by atomic mass is 16.1. The first kappa shape index (κ1) is 7.73. The third-order valence-corrected chi connectivity index (χ3v) is 2.34. The molecule has 1 rings (SSSR count). The van der Waals surface area contributed by atoms with E-state index in [1.807, 2.05) is 13.8 Å². The summed E-state index contributed by atoms with van der Waals surface area (Å²) in [6, 6.07) is 0. The molecule has 0 saturated heterocycles. The molecule has 0 heterocycles. The lowest BCUT2D eigenvalue weighted by Crippen LogP contribution is -2.50. The molecule has 0 bridgehead atoms. The number of carbonyl (C=O) groups is 1. The molecule has 2 heteroatoms. The summed E-state index contributed by atoms with van der Waals surface area (Å²) in [4.78, 5) is 11.3. The molecular formula is C8H15NO. The quantitative estimate of drug-likeness (QED) is 0.548. The third-order valence-electron chi connectivity index (χ3n) is 2.34. The van der Waals surface area contributed by atoms with Gasteiger partial charge < -0.3 is 5.73 Å². The van der Waals surface area contributed by atoms with E-state index in [0.717, 1.165) is 19.3 Å². The lowest BCUT2D eigenvalue weighted by atomic mass is 9.77. The second-order valence-corrected chi connectivity index (χ2v) is 3.57. The Labute approximate surface area is 61.8 Å². The molecule has 0 aliphatic heterocycles. The maximum Gasteiger partial charge on any atom is 0.155 e. The molecule has 1 fully saturated rings. The zero-order valence-corrected chi connectivity index (χ0v) is 6.68. The number of ketones is 1. The van der Waals surface area contributed by atoms with Crippen LogP contribution >= 0.6 is 0 Å². The van der Waals surface area contributed by atoms with Gasteiger partial charge in [0.05, 0.1) is 5.54 Å². The lowest BCUT2D eigenvalue weighted by molar-refractivity contribution is -0.129. The Bertz CT molecular complexity index is 151. The van der Waals surface area contributed by atoms with Crippen LogP contribution < -0.4 is 5.73 Å². The molecular weight excluding hydrogens is 126 g/mol. The summed E-state index contributed by atoms with van der Waals surface area (Å²) in [6.45, 7) is 3.80. The van der Waals surface area contributed by atoms with Gasteiger partial charge in [-0.05, 0) is 19.8 Å². The van der Waals surface area contributed by atoms with Gasteiger partial charge in [-0.3, -0.25) is 4.79 Å². The second kappa shape index (κ2) is 2.35. The van der Waals surface area contributed by atoms with Crippen LogP contribution in [0.25, 0.3) is 0 Å². The van der Waals surface area contributed by atoms with Crippen LogP contribution in [0.5, 0.6) is 0 Å². The SMILES string of the molecule is CC1CCCC(C)(N)C1=O. The van der Waals surface area contributed by atoms with Crippen LogP contribution in [0, 0.1) is 5.92 Å². The molecule has 10 heavy (non-hydrogen) atoms. The minimum Gasteiger partial charge on any atom is -0.319 e. The normalized spacial score (nSPS) is 41.9. The van der Waals surface area contributed by atoms with Gasteiger partial charge in [-0.15, -0.1) is 0 Å². The smallest absolute Gasteiger partial charge is 0.155 e. The summed E-state index contributed by atoms with van der Waals surface area (Å²) in [6.07, 6.45) is 2.97. The molecule has 2 N–H and O–H groups in total. The van der Waals surface area contributed by atoms with Crippen LogP contribution in [0.1, 0.15) is 33.1 Å². The first-order chi connectivity index (χ1) is 4.54. The summed E-state index contributed by atoms with van der Waals surface area (Å²) in [5.74, 6) is 0.419. The van der Waals surface area contributed by atoms with Crippen molar-refractivity contribution >= 4 is 5.78 Å². The minimum atomic E-state index is -0.530. The maximum absolute atomic E-state index is 11.3. The largest absolute Gasteiger partial charge is 0.319 e. The zero-order chi connectivity index (χ0) is 7.78. The van der Waals surface area contributed by atoms with Crippen LogP contribution in [-0.4, -0.2) is 11.3 Å². The average Bonchev–Trinajstić information content (AvgIpc) is 1.83. The fourth-order valence-corrected chi connectivity index (χ4v) is 1.59. The van der Waals surface area contributed by atoms with Gasteiger partial charge in [0.15, 0.2) is 5.78 Å². The fraction of sp³-hybridized carbons (Fsp3) is 0.875. The number of hydrogen-bond donors (Lipinski definition) is 1. The van der Waals surface area contributed by atoms with Gasteiger partial charge in [-0.2, -0.15) is 0 Å². The van der Waals surface area contributed by atoms with Crippen molar-refractivity contribution in [1.82, 2.24) is 0 Å². The predicted molar refractivity (Wildman–Crippen MR) is 40.6 cm³/mol. The number of rotatable bonds is 0. The van der Waals surface area contributed by atoms with Gasteiger partial charge in [0, 0.05) is 5.92 Å².